The molecule has 0 bridgehead atoms. The standard InChI is InChI=1S/C14H12ClNO3/c15-9-12-3-1-2-4-14(12)19-10-11-5-7-13(8-6-11)16(17)18/h1-8H,9-10H2. The van der Waals surface area contributed by atoms with E-state index in [0.717, 1.165) is 16.9 Å². The summed E-state index contributed by atoms with van der Waals surface area (Å²) in [4.78, 5) is 10.1. The maximum Gasteiger partial charge on any atom is 0.269 e. The molecule has 0 atom stereocenters. The Hall–Kier alpha value is -2.07. The highest BCUT2D eigenvalue weighted by atomic mass is 35.5. The van der Waals surface area contributed by atoms with Gasteiger partial charge >= 0.3 is 0 Å². The van der Waals surface area contributed by atoms with E-state index in [1.165, 1.54) is 12.1 Å². The van der Waals surface area contributed by atoms with Gasteiger partial charge in [-0.2, -0.15) is 0 Å². The number of nitrogens with zero attached hydrogens (tertiary/aromatic N) is 1. The third-order valence-corrected chi connectivity index (χ3v) is 2.95. The lowest BCUT2D eigenvalue weighted by Crippen LogP contribution is -1.98. The molecule has 98 valence electrons. The van der Waals surface area contributed by atoms with Crippen molar-refractivity contribution >= 4 is 17.3 Å². The molecule has 0 amide bonds. The van der Waals surface area contributed by atoms with Crippen molar-refractivity contribution in [1.29, 1.82) is 0 Å². The second-order valence-electron chi connectivity index (χ2n) is 3.95. The van der Waals surface area contributed by atoms with Crippen LogP contribution in [0.1, 0.15) is 11.1 Å². The highest BCUT2D eigenvalue weighted by molar-refractivity contribution is 6.17. The predicted octanol–water partition coefficient (Wildman–Crippen LogP) is 3.91. The summed E-state index contributed by atoms with van der Waals surface area (Å²) in [6.45, 7) is 0.353. The topological polar surface area (TPSA) is 52.4 Å². The first kappa shape index (κ1) is 13.4. The Labute approximate surface area is 115 Å². The summed E-state index contributed by atoms with van der Waals surface area (Å²) in [5.41, 5.74) is 1.87. The summed E-state index contributed by atoms with van der Waals surface area (Å²) < 4.78 is 5.66. The average molecular weight is 278 g/mol. The van der Waals surface area contributed by atoms with Crippen molar-refractivity contribution in [3.63, 3.8) is 0 Å². The van der Waals surface area contributed by atoms with Crippen LogP contribution in [-0.2, 0) is 12.5 Å². The van der Waals surface area contributed by atoms with Crippen molar-refractivity contribution in [2.75, 3.05) is 0 Å². The summed E-state index contributed by atoms with van der Waals surface area (Å²) in [6.07, 6.45) is 0. The second-order valence-corrected chi connectivity index (χ2v) is 4.22. The molecule has 0 aromatic heterocycles. The Morgan fingerprint density at radius 2 is 1.79 bits per heavy atom. The van der Waals surface area contributed by atoms with Crippen LogP contribution in [0.15, 0.2) is 48.5 Å². The molecule has 4 nitrogen and oxygen atoms in total. The first-order valence-corrected chi connectivity index (χ1v) is 6.24. The summed E-state index contributed by atoms with van der Waals surface area (Å²) in [5, 5.41) is 10.5. The molecule has 0 spiro atoms. The lowest BCUT2D eigenvalue weighted by molar-refractivity contribution is -0.384. The minimum Gasteiger partial charge on any atom is -0.489 e. The Bertz CT molecular complexity index is 569. The van der Waals surface area contributed by atoms with Crippen molar-refractivity contribution in [1.82, 2.24) is 0 Å². The number of benzene rings is 2. The number of nitro groups is 1. The molecule has 0 N–H and O–H groups in total. The summed E-state index contributed by atoms with van der Waals surface area (Å²) in [6, 6.07) is 13.8. The number of non-ortho nitro benzene ring substituents is 1. The van der Waals surface area contributed by atoms with Crippen LogP contribution in [0.5, 0.6) is 5.75 Å². The van der Waals surface area contributed by atoms with Crippen molar-refractivity contribution in [2.45, 2.75) is 12.5 Å². The number of para-hydroxylation sites is 1. The average Bonchev–Trinajstić information content (AvgIpc) is 2.45. The van der Waals surface area contributed by atoms with Gasteiger partial charge in [0.1, 0.15) is 12.4 Å². The first-order chi connectivity index (χ1) is 9.20. The number of halogens is 1. The Kier molecular flexibility index (Phi) is 4.36. The third kappa shape index (κ3) is 3.45. The van der Waals surface area contributed by atoms with Crippen molar-refractivity contribution < 1.29 is 9.66 Å². The van der Waals surface area contributed by atoms with E-state index in [0.29, 0.717) is 12.5 Å². The van der Waals surface area contributed by atoms with Gasteiger partial charge in [0.15, 0.2) is 0 Å². The molecule has 0 fully saturated rings. The monoisotopic (exact) mass is 277 g/mol. The van der Waals surface area contributed by atoms with E-state index >= 15 is 0 Å². The number of hydrogen-bond acceptors (Lipinski definition) is 3. The van der Waals surface area contributed by atoms with E-state index in [4.69, 9.17) is 16.3 Å². The molecule has 0 aliphatic rings. The Morgan fingerprint density at radius 3 is 2.42 bits per heavy atom. The molecule has 2 aromatic carbocycles. The Balaban J connectivity index is 2.04. The molecular weight excluding hydrogens is 266 g/mol. The molecule has 2 rings (SSSR count). The fourth-order valence-electron chi connectivity index (χ4n) is 1.63. The fraction of sp³-hybridized carbons (Fsp3) is 0.143. The molecule has 0 heterocycles. The molecule has 19 heavy (non-hydrogen) atoms. The van der Waals surface area contributed by atoms with Crippen LogP contribution in [0.3, 0.4) is 0 Å². The smallest absolute Gasteiger partial charge is 0.269 e. The molecule has 0 saturated heterocycles. The first-order valence-electron chi connectivity index (χ1n) is 5.70. The van der Waals surface area contributed by atoms with Crippen LogP contribution in [-0.4, -0.2) is 4.92 Å². The second kappa shape index (κ2) is 6.20. The zero-order chi connectivity index (χ0) is 13.7. The van der Waals surface area contributed by atoms with Gasteiger partial charge < -0.3 is 4.74 Å². The highest BCUT2D eigenvalue weighted by Crippen LogP contribution is 2.21. The number of hydrogen-bond donors (Lipinski definition) is 0. The minimum absolute atomic E-state index is 0.0740. The van der Waals surface area contributed by atoms with Gasteiger partial charge in [-0.25, -0.2) is 0 Å². The van der Waals surface area contributed by atoms with E-state index < -0.39 is 4.92 Å². The van der Waals surface area contributed by atoms with Gasteiger partial charge in [-0.3, -0.25) is 10.1 Å². The van der Waals surface area contributed by atoms with Crippen LogP contribution in [0.4, 0.5) is 5.69 Å². The number of nitro benzene ring substituents is 1. The fourth-order valence-corrected chi connectivity index (χ4v) is 1.85. The van der Waals surface area contributed by atoms with Crippen LogP contribution in [0, 0.1) is 10.1 Å². The summed E-state index contributed by atoms with van der Waals surface area (Å²) in [7, 11) is 0. The molecule has 2 aromatic rings. The normalized spacial score (nSPS) is 10.2. The van der Waals surface area contributed by atoms with E-state index in [1.807, 2.05) is 24.3 Å². The summed E-state index contributed by atoms with van der Waals surface area (Å²) in [5.74, 6) is 1.12. The minimum atomic E-state index is -0.423. The van der Waals surface area contributed by atoms with Gasteiger partial charge in [-0.15, -0.1) is 11.6 Å². The van der Waals surface area contributed by atoms with Gasteiger partial charge in [-0.1, -0.05) is 18.2 Å². The molecule has 0 aliphatic carbocycles. The van der Waals surface area contributed by atoms with E-state index in [2.05, 4.69) is 0 Å². The molecule has 5 heteroatoms. The molecule has 0 saturated carbocycles. The van der Waals surface area contributed by atoms with Crippen molar-refractivity contribution in [2.24, 2.45) is 0 Å². The quantitative estimate of drug-likeness (QED) is 0.473. The lowest BCUT2D eigenvalue weighted by Gasteiger charge is -2.09. The van der Waals surface area contributed by atoms with Crippen LogP contribution in [0.2, 0.25) is 0 Å². The zero-order valence-corrected chi connectivity index (χ0v) is 10.8. The largest absolute Gasteiger partial charge is 0.489 e. The number of rotatable bonds is 5. The van der Waals surface area contributed by atoms with E-state index in [-0.39, 0.29) is 5.69 Å². The van der Waals surface area contributed by atoms with Gasteiger partial charge in [0.25, 0.3) is 5.69 Å². The van der Waals surface area contributed by atoms with Gasteiger partial charge in [0, 0.05) is 17.7 Å². The van der Waals surface area contributed by atoms with Gasteiger partial charge in [0.05, 0.1) is 10.8 Å². The van der Waals surface area contributed by atoms with Gasteiger partial charge in [0.2, 0.25) is 0 Å². The maximum atomic E-state index is 10.5. The van der Waals surface area contributed by atoms with Gasteiger partial charge in [-0.05, 0) is 23.8 Å². The Morgan fingerprint density at radius 1 is 1.11 bits per heavy atom. The van der Waals surface area contributed by atoms with Crippen molar-refractivity contribution in [3.8, 4) is 5.75 Å². The van der Waals surface area contributed by atoms with Crippen LogP contribution < -0.4 is 4.74 Å². The van der Waals surface area contributed by atoms with Crippen LogP contribution >= 0.6 is 11.6 Å². The SMILES string of the molecule is O=[N+]([O-])c1ccc(COc2ccccc2CCl)cc1. The third-order valence-electron chi connectivity index (χ3n) is 2.66. The lowest BCUT2D eigenvalue weighted by atomic mass is 10.2. The predicted molar refractivity (Wildman–Crippen MR) is 73.4 cm³/mol. The maximum absolute atomic E-state index is 10.5. The van der Waals surface area contributed by atoms with E-state index in [9.17, 15) is 10.1 Å². The van der Waals surface area contributed by atoms with E-state index in [1.54, 1.807) is 12.1 Å². The molecule has 0 unspecified atom stereocenters. The highest BCUT2D eigenvalue weighted by Gasteiger charge is 2.05. The van der Waals surface area contributed by atoms with Crippen LogP contribution in [0.25, 0.3) is 0 Å². The molecule has 0 aliphatic heterocycles. The zero-order valence-electron chi connectivity index (χ0n) is 10.1. The van der Waals surface area contributed by atoms with Crippen molar-refractivity contribution in [3.05, 3.63) is 69.8 Å². The molecule has 0 radical (unpaired) electrons. The number of ether oxygens (including phenoxy) is 1. The molecular formula is C14H12ClNO3. The summed E-state index contributed by atoms with van der Waals surface area (Å²) >= 11 is 5.81. The number of alkyl halides is 1.